The van der Waals surface area contributed by atoms with Crippen LogP contribution in [-0.4, -0.2) is 22.0 Å². The van der Waals surface area contributed by atoms with Gasteiger partial charge < -0.3 is 0 Å². The van der Waals surface area contributed by atoms with Crippen molar-refractivity contribution in [1.29, 1.82) is 0 Å². The van der Waals surface area contributed by atoms with Crippen LogP contribution in [0.15, 0.2) is 58.4 Å². The fourth-order valence-corrected chi connectivity index (χ4v) is 3.79. The number of amidine groups is 1. The van der Waals surface area contributed by atoms with Crippen LogP contribution in [0.4, 0.5) is 5.69 Å². The van der Waals surface area contributed by atoms with Crippen molar-refractivity contribution in [3.8, 4) is 0 Å². The number of hydrogen-bond acceptors (Lipinski definition) is 3. The van der Waals surface area contributed by atoms with E-state index >= 15 is 0 Å². The molecule has 1 aliphatic heterocycles. The molecule has 0 aliphatic carbocycles. The topological polar surface area (TPSA) is 32.7 Å². The largest absolute Gasteiger partial charge is 0.284 e. The Balaban J connectivity index is 1.96. The second-order valence-electron chi connectivity index (χ2n) is 6.32. The van der Waals surface area contributed by atoms with E-state index in [-0.39, 0.29) is 11.9 Å². The average Bonchev–Trinajstić information content (AvgIpc) is 2.93. The fourth-order valence-electron chi connectivity index (χ4n) is 2.58. The Bertz CT molecular complexity index is 857. The summed E-state index contributed by atoms with van der Waals surface area (Å²) in [5.74, 6) is 0.00478. The van der Waals surface area contributed by atoms with Crippen molar-refractivity contribution in [2.24, 2.45) is 4.99 Å². The van der Waals surface area contributed by atoms with Crippen molar-refractivity contribution in [1.82, 2.24) is 4.90 Å². The molecule has 1 amide bonds. The number of hydrogen-bond donors (Lipinski definition) is 0. The lowest BCUT2D eigenvalue weighted by molar-refractivity contribution is -0.123. The Labute approximate surface area is 163 Å². The summed E-state index contributed by atoms with van der Waals surface area (Å²) < 4.78 is 0. The van der Waals surface area contributed by atoms with Crippen molar-refractivity contribution < 1.29 is 4.79 Å². The first-order valence-corrected chi connectivity index (χ1v) is 9.81. The molecule has 26 heavy (non-hydrogen) atoms. The number of aliphatic imine (C=N–C) groups is 1. The van der Waals surface area contributed by atoms with Gasteiger partial charge >= 0.3 is 0 Å². The van der Waals surface area contributed by atoms with Gasteiger partial charge in [0, 0.05) is 11.1 Å². The Morgan fingerprint density at radius 2 is 1.81 bits per heavy atom. The third-order valence-corrected chi connectivity index (χ3v) is 5.53. The van der Waals surface area contributed by atoms with Crippen LogP contribution in [0.3, 0.4) is 0 Å². The van der Waals surface area contributed by atoms with Crippen LogP contribution in [0.5, 0.6) is 0 Å². The molecule has 1 heterocycles. The molecular formula is C21H21ClN2OS. The summed E-state index contributed by atoms with van der Waals surface area (Å²) in [7, 11) is 0. The van der Waals surface area contributed by atoms with E-state index in [0.29, 0.717) is 9.93 Å². The number of carbonyl (C=O) groups is 1. The highest BCUT2D eigenvalue weighted by molar-refractivity contribution is 8.18. The molecule has 1 atom stereocenters. The molecule has 0 bridgehead atoms. The highest BCUT2D eigenvalue weighted by atomic mass is 35.5. The number of aryl methyl sites for hydroxylation is 1. The molecule has 0 N–H and O–H groups in total. The summed E-state index contributed by atoms with van der Waals surface area (Å²) >= 11 is 7.37. The molecule has 1 saturated heterocycles. The predicted molar refractivity (Wildman–Crippen MR) is 112 cm³/mol. The molecule has 0 unspecified atom stereocenters. The molecule has 2 aromatic carbocycles. The van der Waals surface area contributed by atoms with Crippen LogP contribution in [0, 0.1) is 6.92 Å². The van der Waals surface area contributed by atoms with Gasteiger partial charge in [-0.25, -0.2) is 4.99 Å². The summed E-state index contributed by atoms with van der Waals surface area (Å²) in [6.07, 6.45) is 2.77. The van der Waals surface area contributed by atoms with Gasteiger partial charge in [-0.05, 0) is 67.9 Å². The van der Waals surface area contributed by atoms with Crippen LogP contribution in [-0.2, 0) is 4.79 Å². The first-order valence-electron chi connectivity index (χ1n) is 8.62. The van der Waals surface area contributed by atoms with E-state index in [1.54, 1.807) is 4.90 Å². The monoisotopic (exact) mass is 384 g/mol. The molecule has 134 valence electrons. The Hall–Kier alpha value is -2.04. The zero-order chi connectivity index (χ0) is 18.7. The van der Waals surface area contributed by atoms with Crippen molar-refractivity contribution in [2.45, 2.75) is 33.2 Å². The maximum atomic E-state index is 13.0. The van der Waals surface area contributed by atoms with Crippen LogP contribution in [0.25, 0.3) is 6.08 Å². The number of nitrogens with zero attached hydrogens (tertiary/aromatic N) is 2. The van der Waals surface area contributed by atoms with E-state index in [0.717, 1.165) is 22.8 Å². The highest BCUT2D eigenvalue weighted by Crippen LogP contribution is 2.36. The Morgan fingerprint density at radius 3 is 2.42 bits per heavy atom. The SMILES string of the molecule is CC[C@H](C)N1C(=O)/C(=C\c2ccc(Cl)cc2)SC1=Nc1ccc(C)cc1. The number of thioether (sulfide) groups is 1. The lowest BCUT2D eigenvalue weighted by Gasteiger charge is -2.22. The number of halogens is 1. The van der Waals surface area contributed by atoms with E-state index in [9.17, 15) is 4.79 Å². The molecule has 0 radical (unpaired) electrons. The van der Waals surface area contributed by atoms with E-state index in [4.69, 9.17) is 16.6 Å². The van der Waals surface area contributed by atoms with Gasteiger partial charge in [0.25, 0.3) is 5.91 Å². The molecular weight excluding hydrogens is 364 g/mol. The van der Waals surface area contributed by atoms with Crippen LogP contribution in [0.2, 0.25) is 5.02 Å². The second-order valence-corrected chi connectivity index (χ2v) is 7.77. The van der Waals surface area contributed by atoms with Crippen LogP contribution in [0.1, 0.15) is 31.4 Å². The van der Waals surface area contributed by atoms with Gasteiger partial charge in [-0.1, -0.05) is 48.4 Å². The van der Waals surface area contributed by atoms with E-state index in [2.05, 4.69) is 6.92 Å². The van der Waals surface area contributed by atoms with Crippen molar-refractivity contribution >= 4 is 46.2 Å². The maximum absolute atomic E-state index is 13.0. The first-order chi connectivity index (χ1) is 12.5. The van der Waals surface area contributed by atoms with Crippen LogP contribution >= 0.6 is 23.4 Å². The lowest BCUT2D eigenvalue weighted by Crippen LogP contribution is -2.36. The predicted octanol–water partition coefficient (Wildman–Crippen LogP) is 6.05. The molecule has 5 heteroatoms. The minimum atomic E-state index is 0.00478. The number of amides is 1. The summed E-state index contributed by atoms with van der Waals surface area (Å²) in [5.41, 5.74) is 2.99. The molecule has 2 aromatic rings. The molecule has 0 spiro atoms. The van der Waals surface area contributed by atoms with Crippen molar-refractivity contribution in [2.75, 3.05) is 0 Å². The molecule has 1 fully saturated rings. The second kappa shape index (κ2) is 8.11. The maximum Gasteiger partial charge on any atom is 0.266 e. The fraction of sp³-hybridized carbons (Fsp3) is 0.238. The smallest absolute Gasteiger partial charge is 0.266 e. The standard InChI is InChI=1S/C21H21ClN2OS/c1-4-15(3)24-20(25)19(13-16-7-9-17(22)10-8-16)26-21(24)23-18-11-5-14(2)6-12-18/h5-13,15H,4H2,1-3H3/b19-13+,23-21?/t15-/m0/s1. The highest BCUT2D eigenvalue weighted by Gasteiger charge is 2.36. The summed E-state index contributed by atoms with van der Waals surface area (Å²) in [5, 5.41) is 1.41. The third kappa shape index (κ3) is 4.19. The van der Waals surface area contributed by atoms with Gasteiger partial charge in [-0.2, -0.15) is 0 Å². The van der Waals surface area contributed by atoms with E-state index < -0.39 is 0 Å². The molecule has 3 nitrogen and oxygen atoms in total. The minimum absolute atomic E-state index is 0.00478. The van der Waals surface area contributed by atoms with Crippen LogP contribution < -0.4 is 0 Å². The Kier molecular flexibility index (Phi) is 5.84. The van der Waals surface area contributed by atoms with Gasteiger partial charge in [0.05, 0.1) is 10.6 Å². The molecule has 3 rings (SSSR count). The lowest BCUT2D eigenvalue weighted by atomic mass is 10.2. The van der Waals surface area contributed by atoms with Gasteiger partial charge in [0.2, 0.25) is 0 Å². The van der Waals surface area contributed by atoms with E-state index in [1.165, 1.54) is 17.3 Å². The molecule has 0 aromatic heterocycles. The normalized spacial score (nSPS) is 18.8. The summed E-state index contributed by atoms with van der Waals surface area (Å²) in [6, 6.07) is 15.6. The molecule has 1 aliphatic rings. The van der Waals surface area contributed by atoms with Gasteiger partial charge in [0.1, 0.15) is 0 Å². The summed E-state index contributed by atoms with van der Waals surface area (Å²) in [6.45, 7) is 6.17. The Morgan fingerprint density at radius 1 is 1.15 bits per heavy atom. The minimum Gasteiger partial charge on any atom is -0.284 e. The number of rotatable bonds is 4. The first kappa shape index (κ1) is 18.7. The van der Waals surface area contributed by atoms with E-state index in [1.807, 2.05) is 68.5 Å². The quantitative estimate of drug-likeness (QED) is 0.601. The third-order valence-electron chi connectivity index (χ3n) is 4.29. The van der Waals surface area contributed by atoms with Crippen molar-refractivity contribution in [3.63, 3.8) is 0 Å². The summed E-state index contributed by atoms with van der Waals surface area (Å²) in [4.78, 5) is 20.2. The average molecular weight is 385 g/mol. The zero-order valence-electron chi connectivity index (χ0n) is 15.1. The zero-order valence-corrected chi connectivity index (χ0v) is 16.6. The van der Waals surface area contributed by atoms with Gasteiger partial charge in [0.15, 0.2) is 5.17 Å². The van der Waals surface area contributed by atoms with Gasteiger partial charge in [-0.3, -0.25) is 9.69 Å². The number of benzene rings is 2. The number of carbonyl (C=O) groups excluding carboxylic acids is 1. The van der Waals surface area contributed by atoms with Gasteiger partial charge in [-0.15, -0.1) is 0 Å². The molecule has 0 saturated carbocycles. The van der Waals surface area contributed by atoms with Crippen molar-refractivity contribution in [3.05, 3.63) is 69.6 Å².